The van der Waals surface area contributed by atoms with Crippen LogP contribution in [0.25, 0.3) is 5.76 Å². The molecule has 0 spiro atoms. The van der Waals surface area contributed by atoms with Crippen molar-refractivity contribution in [3.8, 4) is 5.75 Å². The van der Waals surface area contributed by atoms with E-state index in [9.17, 15) is 4.79 Å². The molecule has 2 aromatic rings. The van der Waals surface area contributed by atoms with Crippen molar-refractivity contribution in [2.75, 3.05) is 7.11 Å². The number of rotatable bonds is 6. The quantitative estimate of drug-likeness (QED) is 0.392. The van der Waals surface area contributed by atoms with E-state index in [0.717, 1.165) is 11.3 Å². The first-order valence-corrected chi connectivity index (χ1v) is 8.59. The largest absolute Gasteiger partial charge is 0.496 e. The van der Waals surface area contributed by atoms with Crippen LogP contribution in [0.5, 0.6) is 5.75 Å². The maximum atomic E-state index is 12.2. The number of esters is 1. The number of methoxy groups -OCH3 is 1. The van der Waals surface area contributed by atoms with Gasteiger partial charge in [0, 0.05) is 5.56 Å². The van der Waals surface area contributed by atoms with E-state index in [1.165, 1.54) is 5.57 Å². The summed E-state index contributed by atoms with van der Waals surface area (Å²) < 4.78 is 11.2. The highest BCUT2D eigenvalue weighted by molar-refractivity contribution is 5.91. The Morgan fingerprint density at radius 3 is 2.00 bits per heavy atom. The molecule has 0 bridgehead atoms. The number of allylic oxidation sites excluding steroid dienone is 1. The van der Waals surface area contributed by atoms with Crippen LogP contribution in [0.1, 0.15) is 43.6 Å². The predicted octanol–water partition coefficient (Wildman–Crippen LogP) is 5.58. The molecule has 0 atom stereocenters. The molecule has 0 fully saturated rings. The summed E-state index contributed by atoms with van der Waals surface area (Å²) >= 11 is 0. The molecule has 2 rings (SSSR count). The standard InChI is InChI=1S/C22H26O3/c1-15(2)20(16(3)4)21(24-5)18-12-9-13-19(14-18)25-22(23)17-10-7-6-8-11-17/h6-16H,1-5H3. The third kappa shape index (κ3) is 4.72. The first-order valence-electron chi connectivity index (χ1n) is 8.59. The van der Waals surface area contributed by atoms with Gasteiger partial charge in [0.05, 0.1) is 12.7 Å². The van der Waals surface area contributed by atoms with E-state index < -0.39 is 0 Å². The van der Waals surface area contributed by atoms with Crippen molar-refractivity contribution in [2.45, 2.75) is 27.7 Å². The molecule has 0 heterocycles. The molecular formula is C22H26O3. The van der Waals surface area contributed by atoms with Gasteiger partial charge in [0.1, 0.15) is 11.5 Å². The van der Waals surface area contributed by atoms with Gasteiger partial charge < -0.3 is 9.47 Å². The highest BCUT2D eigenvalue weighted by Gasteiger charge is 2.18. The van der Waals surface area contributed by atoms with Gasteiger partial charge >= 0.3 is 5.97 Å². The van der Waals surface area contributed by atoms with E-state index in [2.05, 4.69) is 27.7 Å². The minimum atomic E-state index is -0.367. The Morgan fingerprint density at radius 1 is 0.840 bits per heavy atom. The van der Waals surface area contributed by atoms with E-state index in [0.29, 0.717) is 23.1 Å². The van der Waals surface area contributed by atoms with Gasteiger partial charge in [-0.15, -0.1) is 0 Å². The highest BCUT2D eigenvalue weighted by Crippen LogP contribution is 2.31. The van der Waals surface area contributed by atoms with Gasteiger partial charge in [-0.05, 0) is 41.7 Å². The summed E-state index contributed by atoms with van der Waals surface area (Å²) in [7, 11) is 1.68. The number of benzene rings is 2. The lowest BCUT2D eigenvalue weighted by Gasteiger charge is -2.21. The molecule has 0 aliphatic carbocycles. The Labute approximate surface area is 150 Å². The molecule has 3 heteroatoms. The van der Waals surface area contributed by atoms with Gasteiger partial charge in [0.2, 0.25) is 0 Å². The highest BCUT2D eigenvalue weighted by atomic mass is 16.5. The maximum Gasteiger partial charge on any atom is 0.343 e. The smallest absolute Gasteiger partial charge is 0.343 e. The van der Waals surface area contributed by atoms with Crippen molar-refractivity contribution >= 4 is 11.7 Å². The van der Waals surface area contributed by atoms with Crippen LogP contribution >= 0.6 is 0 Å². The van der Waals surface area contributed by atoms with Crippen LogP contribution in [0.15, 0.2) is 60.2 Å². The van der Waals surface area contributed by atoms with Crippen LogP contribution in [-0.4, -0.2) is 13.1 Å². The predicted molar refractivity (Wildman–Crippen MR) is 101 cm³/mol. The van der Waals surface area contributed by atoms with Crippen molar-refractivity contribution in [2.24, 2.45) is 11.8 Å². The van der Waals surface area contributed by atoms with Crippen molar-refractivity contribution in [3.05, 3.63) is 71.3 Å². The summed E-state index contributed by atoms with van der Waals surface area (Å²) in [6.07, 6.45) is 0. The average molecular weight is 338 g/mol. The lowest BCUT2D eigenvalue weighted by atomic mass is 9.89. The topological polar surface area (TPSA) is 35.5 Å². The fraction of sp³-hybridized carbons (Fsp3) is 0.318. The summed E-state index contributed by atoms with van der Waals surface area (Å²) in [6, 6.07) is 16.5. The molecule has 132 valence electrons. The van der Waals surface area contributed by atoms with Crippen LogP contribution < -0.4 is 4.74 Å². The Morgan fingerprint density at radius 2 is 1.44 bits per heavy atom. The zero-order chi connectivity index (χ0) is 18.4. The van der Waals surface area contributed by atoms with E-state index in [1.807, 2.05) is 36.4 Å². The number of hydrogen-bond donors (Lipinski definition) is 0. The molecule has 0 radical (unpaired) electrons. The molecule has 3 nitrogen and oxygen atoms in total. The van der Waals surface area contributed by atoms with Crippen LogP contribution in [0.3, 0.4) is 0 Å². The second-order valence-electron chi connectivity index (χ2n) is 6.58. The van der Waals surface area contributed by atoms with E-state index >= 15 is 0 Å². The maximum absolute atomic E-state index is 12.2. The van der Waals surface area contributed by atoms with Gasteiger partial charge in [-0.1, -0.05) is 58.0 Å². The SMILES string of the molecule is COC(=C(C(C)C)C(C)C)c1cccc(OC(=O)c2ccccc2)c1. The van der Waals surface area contributed by atoms with Crippen LogP contribution in [0.4, 0.5) is 0 Å². The summed E-state index contributed by atoms with van der Waals surface area (Å²) in [5.41, 5.74) is 2.69. The summed E-state index contributed by atoms with van der Waals surface area (Å²) in [5, 5.41) is 0. The molecule has 0 saturated heterocycles. The fourth-order valence-corrected chi connectivity index (χ4v) is 3.03. The first kappa shape index (κ1) is 18.8. The number of hydrogen-bond acceptors (Lipinski definition) is 3. The van der Waals surface area contributed by atoms with Gasteiger partial charge in [0.25, 0.3) is 0 Å². The zero-order valence-corrected chi connectivity index (χ0v) is 15.6. The molecule has 0 N–H and O–H groups in total. The second kappa shape index (κ2) is 8.52. The first-order chi connectivity index (χ1) is 11.9. The molecule has 0 aromatic heterocycles. The lowest BCUT2D eigenvalue weighted by Crippen LogP contribution is -2.09. The molecule has 0 aliphatic heterocycles. The van der Waals surface area contributed by atoms with Gasteiger partial charge in [-0.25, -0.2) is 4.79 Å². The number of carbonyl (C=O) groups is 1. The van der Waals surface area contributed by atoms with E-state index in [4.69, 9.17) is 9.47 Å². The van der Waals surface area contributed by atoms with E-state index in [1.54, 1.807) is 25.3 Å². The number of carbonyl (C=O) groups excluding carboxylic acids is 1. The van der Waals surface area contributed by atoms with Gasteiger partial charge in [0.15, 0.2) is 0 Å². The van der Waals surface area contributed by atoms with Crippen molar-refractivity contribution in [3.63, 3.8) is 0 Å². The molecular weight excluding hydrogens is 312 g/mol. The minimum absolute atomic E-state index is 0.366. The normalized spacial score (nSPS) is 10.7. The molecule has 2 aromatic carbocycles. The van der Waals surface area contributed by atoms with Crippen LogP contribution in [-0.2, 0) is 4.74 Å². The Bertz CT molecular complexity index is 733. The average Bonchev–Trinajstić information content (AvgIpc) is 2.59. The second-order valence-corrected chi connectivity index (χ2v) is 6.58. The van der Waals surface area contributed by atoms with Gasteiger partial charge in [-0.2, -0.15) is 0 Å². The number of ether oxygens (including phenoxy) is 2. The van der Waals surface area contributed by atoms with Crippen molar-refractivity contribution < 1.29 is 14.3 Å². The molecule has 0 aliphatic rings. The monoisotopic (exact) mass is 338 g/mol. The Hall–Kier alpha value is -2.55. The summed E-state index contributed by atoms with van der Waals surface area (Å²) in [6.45, 7) is 8.64. The summed E-state index contributed by atoms with van der Waals surface area (Å²) in [4.78, 5) is 12.2. The van der Waals surface area contributed by atoms with Crippen LogP contribution in [0.2, 0.25) is 0 Å². The van der Waals surface area contributed by atoms with Gasteiger partial charge in [-0.3, -0.25) is 0 Å². The molecule has 0 saturated carbocycles. The zero-order valence-electron chi connectivity index (χ0n) is 15.6. The Balaban J connectivity index is 2.34. The van der Waals surface area contributed by atoms with Crippen molar-refractivity contribution in [1.29, 1.82) is 0 Å². The third-order valence-electron chi connectivity index (χ3n) is 4.03. The Kier molecular flexibility index (Phi) is 6.40. The molecule has 0 unspecified atom stereocenters. The third-order valence-corrected chi connectivity index (χ3v) is 4.03. The lowest BCUT2D eigenvalue weighted by molar-refractivity contribution is 0.0734. The molecule has 25 heavy (non-hydrogen) atoms. The van der Waals surface area contributed by atoms with Crippen molar-refractivity contribution in [1.82, 2.24) is 0 Å². The summed E-state index contributed by atoms with van der Waals surface area (Å²) in [5.74, 6) is 1.72. The van der Waals surface area contributed by atoms with E-state index in [-0.39, 0.29) is 5.97 Å². The van der Waals surface area contributed by atoms with Crippen LogP contribution in [0, 0.1) is 11.8 Å². The molecule has 0 amide bonds. The minimum Gasteiger partial charge on any atom is -0.496 e. The fourth-order valence-electron chi connectivity index (χ4n) is 3.03.